The van der Waals surface area contributed by atoms with Gasteiger partial charge < -0.3 is 9.67 Å². The van der Waals surface area contributed by atoms with Gasteiger partial charge in [0.05, 0.1) is 17.9 Å². The summed E-state index contributed by atoms with van der Waals surface area (Å²) >= 11 is 0. The largest absolute Gasteiger partial charge is 0.465 e. The van der Waals surface area contributed by atoms with Crippen LogP contribution >= 0.6 is 0 Å². The van der Waals surface area contributed by atoms with E-state index in [0.717, 1.165) is 41.1 Å². The predicted octanol–water partition coefficient (Wildman–Crippen LogP) is 7.11. The van der Waals surface area contributed by atoms with Crippen molar-refractivity contribution in [1.82, 2.24) is 19.4 Å². The molecule has 0 saturated heterocycles. The normalized spacial score (nSPS) is 12.3. The van der Waals surface area contributed by atoms with Crippen LogP contribution in [0.3, 0.4) is 0 Å². The number of pyridine rings is 1. The number of hydrogen-bond acceptors (Lipinski definition) is 3. The molecule has 4 aromatic rings. The zero-order chi connectivity index (χ0) is 28.0. The van der Waals surface area contributed by atoms with Crippen molar-refractivity contribution < 1.29 is 14.3 Å². The van der Waals surface area contributed by atoms with Crippen molar-refractivity contribution in [2.24, 2.45) is 12.5 Å². The van der Waals surface area contributed by atoms with Gasteiger partial charge in [0.1, 0.15) is 11.6 Å². The topological polar surface area (TPSA) is 71.2 Å². The van der Waals surface area contributed by atoms with Gasteiger partial charge in [0.25, 0.3) is 0 Å². The Hall–Kier alpha value is -4.00. The standard InChI is InChI=1S/C32H37FN4O2/c1-5-32(2,3)20-27-22-35-30(36(27)4)29(37(31(38)39)18-17-23-9-7-6-8-10-23)19-24-11-13-25(14-12-24)28-16-15-26(33)21-34-28/h6-16,21-22,29H,5,17-20H2,1-4H3,(H,38,39). The number of rotatable bonds is 11. The average molecular weight is 529 g/mol. The summed E-state index contributed by atoms with van der Waals surface area (Å²) in [7, 11) is 1.98. The van der Waals surface area contributed by atoms with E-state index in [1.165, 1.54) is 17.2 Å². The molecule has 0 fully saturated rings. The van der Waals surface area contributed by atoms with Crippen LogP contribution in [0.2, 0.25) is 0 Å². The molecule has 39 heavy (non-hydrogen) atoms. The Balaban J connectivity index is 1.65. The van der Waals surface area contributed by atoms with E-state index in [1.54, 1.807) is 6.07 Å². The summed E-state index contributed by atoms with van der Waals surface area (Å²) in [6.07, 6.45) is 5.09. The summed E-state index contributed by atoms with van der Waals surface area (Å²) in [4.78, 5) is 23.1. The summed E-state index contributed by atoms with van der Waals surface area (Å²) in [5, 5.41) is 10.3. The Bertz CT molecular complexity index is 1370. The molecule has 0 aliphatic carbocycles. The first kappa shape index (κ1) is 28.0. The van der Waals surface area contributed by atoms with Gasteiger partial charge in [-0.15, -0.1) is 0 Å². The lowest BCUT2D eigenvalue weighted by molar-refractivity contribution is 0.121. The molecule has 2 aromatic carbocycles. The van der Waals surface area contributed by atoms with Gasteiger partial charge in [-0.1, -0.05) is 81.8 Å². The quantitative estimate of drug-likeness (QED) is 0.225. The average Bonchev–Trinajstić information content (AvgIpc) is 3.28. The smallest absolute Gasteiger partial charge is 0.407 e. The van der Waals surface area contributed by atoms with Crippen molar-refractivity contribution in [1.29, 1.82) is 0 Å². The minimum atomic E-state index is -0.971. The number of carboxylic acid groups (broad SMARTS) is 1. The minimum absolute atomic E-state index is 0.116. The third-order valence-corrected chi connectivity index (χ3v) is 7.55. The molecule has 7 heteroatoms. The molecular weight excluding hydrogens is 491 g/mol. The third-order valence-electron chi connectivity index (χ3n) is 7.55. The van der Waals surface area contributed by atoms with Gasteiger partial charge in [-0.25, -0.2) is 14.2 Å². The molecule has 204 valence electrons. The van der Waals surface area contributed by atoms with Crippen LogP contribution in [0.1, 0.15) is 55.9 Å². The van der Waals surface area contributed by atoms with E-state index >= 15 is 0 Å². The van der Waals surface area contributed by atoms with Crippen LogP contribution < -0.4 is 0 Å². The Morgan fingerprint density at radius 2 is 1.72 bits per heavy atom. The second-order valence-corrected chi connectivity index (χ2v) is 10.9. The first-order valence-electron chi connectivity index (χ1n) is 13.4. The number of amides is 1. The zero-order valence-corrected chi connectivity index (χ0v) is 23.1. The molecule has 0 radical (unpaired) electrons. The summed E-state index contributed by atoms with van der Waals surface area (Å²) < 4.78 is 15.4. The van der Waals surface area contributed by atoms with Crippen LogP contribution in [-0.4, -0.2) is 37.2 Å². The van der Waals surface area contributed by atoms with Gasteiger partial charge in [0.15, 0.2) is 0 Å². The van der Waals surface area contributed by atoms with Crippen molar-refractivity contribution in [3.63, 3.8) is 0 Å². The van der Waals surface area contributed by atoms with E-state index < -0.39 is 12.1 Å². The van der Waals surface area contributed by atoms with Gasteiger partial charge >= 0.3 is 6.09 Å². The van der Waals surface area contributed by atoms with E-state index in [4.69, 9.17) is 4.98 Å². The highest BCUT2D eigenvalue weighted by atomic mass is 19.1. The van der Waals surface area contributed by atoms with Crippen LogP contribution in [-0.2, 0) is 26.3 Å². The number of benzene rings is 2. The highest BCUT2D eigenvalue weighted by Gasteiger charge is 2.30. The molecule has 2 aromatic heterocycles. The van der Waals surface area contributed by atoms with Crippen LogP contribution in [0.25, 0.3) is 11.3 Å². The molecule has 1 atom stereocenters. The van der Waals surface area contributed by atoms with E-state index in [9.17, 15) is 14.3 Å². The monoisotopic (exact) mass is 528 g/mol. The predicted molar refractivity (Wildman–Crippen MR) is 152 cm³/mol. The van der Waals surface area contributed by atoms with Crippen LogP contribution in [0.15, 0.2) is 79.1 Å². The van der Waals surface area contributed by atoms with Gasteiger partial charge in [-0.2, -0.15) is 0 Å². The molecule has 1 amide bonds. The fourth-order valence-electron chi connectivity index (χ4n) is 4.75. The molecule has 0 aliphatic rings. The Morgan fingerprint density at radius 1 is 1.00 bits per heavy atom. The highest BCUT2D eigenvalue weighted by Crippen LogP contribution is 2.30. The molecule has 0 bridgehead atoms. The summed E-state index contributed by atoms with van der Waals surface area (Å²) in [5.74, 6) is 0.357. The first-order valence-corrected chi connectivity index (χ1v) is 13.4. The van der Waals surface area contributed by atoms with Crippen molar-refractivity contribution >= 4 is 6.09 Å². The molecule has 4 rings (SSSR count). The van der Waals surface area contributed by atoms with E-state index in [0.29, 0.717) is 25.1 Å². The summed E-state index contributed by atoms with van der Waals surface area (Å²) in [6, 6.07) is 20.3. The highest BCUT2D eigenvalue weighted by molar-refractivity contribution is 5.66. The van der Waals surface area contributed by atoms with Crippen LogP contribution in [0, 0.1) is 11.2 Å². The van der Waals surface area contributed by atoms with E-state index in [1.807, 2.05) is 67.8 Å². The third kappa shape index (κ3) is 7.11. The lowest BCUT2D eigenvalue weighted by Gasteiger charge is -2.30. The molecule has 1 unspecified atom stereocenters. The lowest BCUT2D eigenvalue weighted by atomic mass is 9.85. The molecule has 0 saturated carbocycles. The number of imidazole rings is 1. The molecule has 0 aliphatic heterocycles. The number of halogens is 1. The molecule has 6 nitrogen and oxygen atoms in total. The minimum Gasteiger partial charge on any atom is -0.465 e. The molecule has 2 heterocycles. The summed E-state index contributed by atoms with van der Waals surface area (Å²) in [5.41, 5.74) is 4.83. The van der Waals surface area contributed by atoms with Crippen LogP contribution in [0.4, 0.5) is 9.18 Å². The van der Waals surface area contributed by atoms with Crippen molar-refractivity contribution in [3.05, 3.63) is 108 Å². The summed E-state index contributed by atoms with van der Waals surface area (Å²) in [6.45, 7) is 7.00. The van der Waals surface area contributed by atoms with Crippen molar-refractivity contribution in [3.8, 4) is 11.3 Å². The van der Waals surface area contributed by atoms with Gasteiger partial charge in [0, 0.05) is 37.5 Å². The number of nitrogens with zero attached hydrogens (tertiary/aromatic N) is 4. The van der Waals surface area contributed by atoms with Gasteiger partial charge in [-0.3, -0.25) is 9.88 Å². The maximum atomic E-state index is 13.3. The van der Waals surface area contributed by atoms with E-state index in [2.05, 4.69) is 30.3 Å². The van der Waals surface area contributed by atoms with Gasteiger partial charge in [-0.05, 0) is 41.5 Å². The second kappa shape index (κ2) is 12.2. The maximum absolute atomic E-state index is 13.3. The Labute approximate surface area is 230 Å². The molecule has 0 spiro atoms. The van der Waals surface area contributed by atoms with Crippen molar-refractivity contribution in [2.75, 3.05) is 6.54 Å². The SMILES string of the molecule is CCC(C)(C)Cc1cnc(C(Cc2ccc(-c3ccc(F)cn3)cc2)N(CCc2ccccc2)C(=O)O)n1C. The number of carbonyl (C=O) groups is 1. The molecular formula is C32H37FN4O2. The van der Waals surface area contributed by atoms with Crippen molar-refractivity contribution in [2.45, 2.75) is 52.5 Å². The fourth-order valence-corrected chi connectivity index (χ4v) is 4.75. The second-order valence-electron chi connectivity index (χ2n) is 10.9. The van der Waals surface area contributed by atoms with Gasteiger partial charge in [0.2, 0.25) is 0 Å². The number of hydrogen-bond donors (Lipinski definition) is 1. The lowest BCUT2D eigenvalue weighted by Crippen LogP contribution is -2.38. The van der Waals surface area contributed by atoms with Crippen LogP contribution in [0.5, 0.6) is 0 Å². The maximum Gasteiger partial charge on any atom is 0.407 e. The number of aromatic nitrogens is 3. The van der Waals surface area contributed by atoms with E-state index in [-0.39, 0.29) is 11.2 Å². The molecule has 1 N–H and O–H groups in total. The zero-order valence-electron chi connectivity index (χ0n) is 23.1. The Morgan fingerprint density at radius 3 is 2.33 bits per heavy atom. The fraction of sp³-hybridized carbons (Fsp3) is 0.344. The first-order chi connectivity index (χ1) is 18.7. The Kier molecular flexibility index (Phi) is 8.79.